The molecule has 0 bridgehead atoms. The number of nitrogens with zero attached hydrogens (tertiary/aromatic N) is 3. The van der Waals surface area contributed by atoms with Gasteiger partial charge in [0.25, 0.3) is 5.91 Å². The summed E-state index contributed by atoms with van der Waals surface area (Å²) in [7, 11) is 3.06. The van der Waals surface area contributed by atoms with Crippen molar-refractivity contribution in [3.05, 3.63) is 75.8 Å². The number of ether oxygens (including phenoxy) is 1. The van der Waals surface area contributed by atoms with Crippen LogP contribution in [0.4, 0.5) is 13.6 Å². The molecule has 1 aromatic heterocycles. The fourth-order valence-electron chi connectivity index (χ4n) is 4.76. The SMILES string of the molecule is CN(C)C(=O)OC[C@H](c1ccc(Cl)c(-c2nccs2)c1)N1C(=N)N[C@@](c2cc(F)cc(F)c2)(C2CC2)C1=O. The molecule has 1 aliphatic heterocycles. The molecule has 12 heteroatoms. The van der Waals surface area contributed by atoms with Crippen LogP contribution in [-0.4, -0.2) is 53.4 Å². The summed E-state index contributed by atoms with van der Waals surface area (Å²) in [6.07, 6.45) is 2.31. The van der Waals surface area contributed by atoms with Gasteiger partial charge in [0.1, 0.15) is 28.8 Å². The number of guanidine groups is 1. The minimum absolute atomic E-state index is 0.110. The standard InChI is InChI=1S/C26H24ClF2N5O3S/c1-33(2)25(36)37-13-21(14-3-6-20(27)19(9-14)22-31-7-8-38-22)34-23(35)26(15-4-5-15,32-24(34)30)16-10-17(28)12-18(29)11-16/h3,6-12,15,21H,4-5,13H2,1-2H3,(H2,30,32)/t21-,26-/m1/s1. The van der Waals surface area contributed by atoms with Crippen molar-refractivity contribution in [1.82, 2.24) is 20.1 Å². The summed E-state index contributed by atoms with van der Waals surface area (Å²) < 4.78 is 34.0. The highest BCUT2D eigenvalue weighted by Crippen LogP contribution is 2.50. The monoisotopic (exact) mass is 559 g/mol. The molecule has 2 heterocycles. The van der Waals surface area contributed by atoms with Crippen molar-refractivity contribution in [2.24, 2.45) is 5.92 Å². The first-order valence-electron chi connectivity index (χ1n) is 11.8. The maximum atomic E-state index is 14.3. The maximum Gasteiger partial charge on any atom is 0.409 e. The van der Waals surface area contributed by atoms with E-state index in [1.54, 1.807) is 29.8 Å². The second-order valence-electron chi connectivity index (χ2n) is 9.45. The minimum Gasteiger partial charge on any atom is -0.447 e. The van der Waals surface area contributed by atoms with Gasteiger partial charge in [-0.15, -0.1) is 11.3 Å². The van der Waals surface area contributed by atoms with Crippen LogP contribution in [0.25, 0.3) is 10.6 Å². The van der Waals surface area contributed by atoms with E-state index in [0.29, 0.717) is 34.0 Å². The number of aromatic nitrogens is 1. The van der Waals surface area contributed by atoms with E-state index in [-0.39, 0.29) is 24.0 Å². The van der Waals surface area contributed by atoms with Gasteiger partial charge in [0.15, 0.2) is 5.96 Å². The molecule has 1 saturated heterocycles. The number of thiazole rings is 1. The smallest absolute Gasteiger partial charge is 0.409 e. The Bertz CT molecular complexity index is 1400. The van der Waals surface area contributed by atoms with Crippen LogP contribution in [0.1, 0.15) is 30.0 Å². The molecule has 3 aromatic rings. The first kappa shape index (κ1) is 26.1. The quantitative estimate of drug-likeness (QED) is 0.417. The zero-order valence-corrected chi connectivity index (χ0v) is 22.1. The number of carbonyl (C=O) groups excluding carboxylic acids is 2. The summed E-state index contributed by atoms with van der Waals surface area (Å²) >= 11 is 7.84. The van der Waals surface area contributed by atoms with Crippen molar-refractivity contribution in [1.29, 1.82) is 5.41 Å². The molecule has 198 valence electrons. The highest BCUT2D eigenvalue weighted by Gasteiger charge is 2.60. The van der Waals surface area contributed by atoms with Crippen LogP contribution in [0.15, 0.2) is 48.0 Å². The number of hydrogen-bond donors (Lipinski definition) is 2. The van der Waals surface area contributed by atoms with Gasteiger partial charge in [-0.3, -0.25) is 15.1 Å². The van der Waals surface area contributed by atoms with E-state index in [4.69, 9.17) is 21.7 Å². The molecule has 0 radical (unpaired) electrons. The van der Waals surface area contributed by atoms with Crippen LogP contribution in [0, 0.1) is 23.0 Å². The molecule has 0 spiro atoms. The molecule has 2 atom stereocenters. The number of halogens is 3. The van der Waals surface area contributed by atoms with Crippen molar-refractivity contribution >= 4 is 40.9 Å². The second kappa shape index (κ2) is 9.95. The van der Waals surface area contributed by atoms with Crippen LogP contribution in [0.2, 0.25) is 5.02 Å². The molecule has 2 amide bonds. The highest BCUT2D eigenvalue weighted by molar-refractivity contribution is 7.13. The lowest BCUT2D eigenvalue weighted by Crippen LogP contribution is -2.47. The van der Waals surface area contributed by atoms with Crippen molar-refractivity contribution in [3.8, 4) is 10.6 Å². The Balaban J connectivity index is 1.59. The molecule has 38 heavy (non-hydrogen) atoms. The normalized spacial score (nSPS) is 19.9. The Morgan fingerprint density at radius 1 is 1.29 bits per heavy atom. The predicted molar refractivity (Wildman–Crippen MR) is 139 cm³/mol. The second-order valence-corrected chi connectivity index (χ2v) is 10.8. The molecule has 2 fully saturated rings. The lowest BCUT2D eigenvalue weighted by Gasteiger charge is -2.31. The van der Waals surface area contributed by atoms with E-state index in [9.17, 15) is 18.4 Å². The summed E-state index contributed by atoms with van der Waals surface area (Å²) in [4.78, 5) is 33.3. The van der Waals surface area contributed by atoms with Crippen LogP contribution in [0.3, 0.4) is 0 Å². The molecule has 2 aliphatic rings. The van der Waals surface area contributed by atoms with Gasteiger partial charge >= 0.3 is 6.09 Å². The third-order valence-corrected chi connectivity index (χ3v) is 7.84. The van der Waals surface area contributed by atoms with Crippen LogP contribution < -0.4 is 5.32 Å². The summed E-state index contributed by atoms with van der Waals surface area (Å²) in [6.45, 7) is -0.274. The molecule has 1 aliphatic carbocycles. The molecular formula is C26H24ClF2N5O3S. The van der Waals surface area contributed by atoms with Gasteiger partial charge < -0.3 is 15.0 Å². The van der Waals surface area contributed by atoms with Crippen LogP contribution >= 0.6 is 22.9 Å². The van der Waals surface area contributed by atoms with E-state index in [0.717, 1.165) is 18.2 Å². The first-order valence-corrected chi connectivity index (χ1v) is 13.1. The molecule has 2 aromatic carbocycles. The van der Waals surface area contributed by atoms with Gasteiger partial charge in [0.05, 0.1) is 11.1 Å². The summed E-state index contributed by atoms with van der Waals surface area (Å²) in [5, 5.41) is 14.6. The molecular weight excluding hydrogens is 536 g/mol. The third-order valence-electron chi connectivity index (χ3n) is 6.70. The summed E-state index contributed by atoms with van der Waals surface area (Å²) in [5.74, 6) is -2.71. The van der Waals surface area contributed by atoms with E-state index < -0.39 is 35.2 Å². The highest BCUT2D eigenvalue weighted by atomic mass is 35.5. The number of benzene rings is 2. The Hall–Kier alpha value is -3.57. The lowest BCUT2D eigenvalue weighted by molar-refractivity contribution is -0.134. The number of nitrogens with one attached hydrogen (secondary N) is 2. The van der Waals surface area contributed by atoms with E-state index in [1.165, 1.54) is 35.2 Å². The Morgan fingerprint density at radius 3 is 2.61 bits per heavy atom. The van der Waals surface area contributed by atoms with Crippen molar-refractivity contribution in [2.45, 2.75) is 24.4 Å². The van der Waals surface area contributed by atoms with Gasteiger partial charge in [0, 0.05) is 37.3 Å². The van der Waals surface area contributed by atoms with Gasteiger partial charge in [-0.2, -0.15) is 0 Å². The van der Waals surface area contributed by atoms with Crippen molar-refractivity contribution in [2.75, 3.05) is 20.7 Å². The van der Waals surface area contributed by atoms with Crippen molar-refractivity contribution < 1.29 is 23.1 Å². The lowest BCUT2D eigenvalue weighted by atomic mass is 9.84. The number of rotatable bonds is 7. The summed E-state index contributed by atoms with van der Waals surface area (Å²) in [5.41, 5.74) is -0.245. The molecule has 2 N–H and O–H groups in total. The van der Waals surface area contributed by atoms with E-state index >= 15 is 0 Å². The predicted octanol–water partition coefficient (Wildman–Crippen LogP) is 5.15. The number of hydrogen-bond acceptors (Lipinski definition) is 6. The molecule has 5 rings (SSSR count). The molecule has 8 nitrogen and oxygen atoms in total. The number of carbonyl (C=O) groups is 2. The average molecular weight is 560 g/mol. The topological polar surface area (TPSA) is 98.6 Å². The fraction of sp³-hybridized carbons (Fsp3) is 0.308. The average Bonchev–Trinajstić information content (AvgIpc) is 3.50. The first-order chi connectivity index (χ1) is 18.1. The maximum absolute atomic E-state index is 14.3. The van der Waals surface area contributed by atoms with Crippen LogP contribution in [-0.2, 0) is 15.1 Å². The zero-order chi connectivity index (χ0) is 27.2. The Kier molecular flexibility index (Phi) is 6.83. The van der Waals surface area contributed by atoms with Gasteiger partial charge in [-0.1, -0.05) is 17.7 Å². The molecule has 1 saturated carbocycles. The zero-order valence-electron chi connectivity index (χ0n) is 20.5. The Morgan fingerprint density at radius 2 is 2.00 bits per heavy atom. The van der Waals surface area contributed by atoms with Crippen molar-refractivity contribution in [3.63, 3.8) is 0 Å². The minimum atomic E-state index is -1.52. The summed E-state index contributed by atoms with van der Waals surface area (Å²) in [6, 6.07) is 7.13. The largest absolute Gasteiger partial charge is 0.447 e. The number of amides is 2. The fourth-order valence-corrected chi connectivity index (χ4v) is 5.70. The van der Waals surface area contributed by atoms with E-state index in [1.807, 2.05) is 0 Å². The Labute approximate surface area is 226 Å². The van der Waals surface area contributed by atoms with Gasteiger partial charge in [0.2, 0.25) is 0 Å². The molecule has 0 unspecified atom stereocenters. The van der Waals surface area contributed by atoms with E-state index in [2.05, 4.69) is 10.3 Å². The van der Waals surface area contributed by atoms with Crippen LogP contribution in [0.5, 0.6) is 0 Å². The van der Waals surface area contributed by atoms with Gasteiger partial charge in [-0.05, 0) is 54.2 Å². The van der Waals surface area contributed by atoms with Gasteiger partial charge in [-0.25, -0.2) is 18.6 Å². The third kappa shape index (κ3) is 4.60.